The minimum absolute atomic E-state index is 0.390. The lowest BCUT2D eigenvalue weighted by molar-refractivity contribution is -0.137. The molecule has 0 aliphatic heterocycles. The van der Waals surface area contributed by atoms with Gasteiger partial charge in [-0.2, -0.15) is 22.8 Å². The van der Waals surface area contributed by atoms with Crippen LogP contribution in [0, 0.1) is 29.1 Å². The van der Waals surface area contributed by atoms with Gasteiger partial charge in [-0.05, 0) is 98.8 Å². The zero-order valence-corrected chi connectivity index (χ0v) is 17.9. The molecule has 0 heterocycles. The number of allylic oxidation sites excluding steroid dienone is 4. The lowest BCUT2D eigenvalue weighted by Gasteiger charge is -2.38. The lowest BCUT2D eigenvalue weighted by Crippen LogP contribution is -2.25. The average molecular weight is 434 g/mol. The molecule has 0 saturated heterocycles. The number of alkyl halides is 3. The van der Waals surface area contributed by atoms with E-state index in [0.29, 0.717) is 5.92 Å². The van der Waals surface area contributed by atoms with E-state index in [9.17, 15) is 17.6 Å². The first-order valence-corrected chi connectivity index (χ1v) is 11.5. The summed E-state index contributed by atoms with van der Waals surface area (Å²) < 4.78 is 51.0. The average Bonchev–Trinajstić information content (AvgIpc) is 2.79. The summed E-state index contributed by atoms with van der Waals surface area (Å²) in [7, 11) is 0. The lowest BCUT2D eigenvalue weighted by atomic mass is 9.68. The molecule has 0 bridgehead atoms. The second kappa shape index (κ2) is 11.0. The summed E-state index contributed by atoms with van der Waals surface area (Å²) in [6.07, 6.45) is 12.1. The molecule has 0 amide bonds. The van der Waals surface area contributed by atoms with Crippen molar-refractivity contribution in [1.82, 2.24) is 0 Å². The van der Waals surface area contributed by atoms with E-state index in [1.165, 1.54) is 62.8 Å². The molecule has 5 heteroatoms. The monoisotopic (exact) mass is 433 g/mol. The molecule has 0 spiro atoms. The van der Waals surface area contributed by atoms with Gasteiger partial charge in [-0.25, -0.2) is 0 Å². The third-order valence-corrected chi connectivity index (χ3v) is 7.27. The van der Waals surface area contributed by atoms with Crippen molar-refractivity contribution in [3.63, 3.8) is 0 Å². The second-order valence-corrected chi connectivity index (χ2v) is 9.14. The van der Waals surface area contributed by atoms with Gasteiger partial charge in [0.05, 0.1) is 5.56 Å². The molecule has 0 aromatic heterocycles. The Labute approximate surface area is 182 Å². The largest absolute Gasteiger partial charge is 0.416 e. The third kappa shape index (κ3) is 6.95. The van der Waals surface area contributed by atoms with Crippen molar-refractivity contribution in [2.45, 2.75) is 76.3 Å². The predicted molar refractivity (Wildman–Crippen MR) is 115 cm³/mol. The molecule has 0 radical (unpaired) electrons. The van der Waals surface area contributed by atoms with Crippen LogP contribution >= 0.6 is 0 Å². The highest BCUT2D eigenvalue weighted by atomic mass is 19.4. The molecule has 2 saturated carbocycles. The zero-order valence-electron chi connectivity index (χ0n) is 17.9. The van der Waals surface area contributed by atoms with Gasteiger partial charge in [-0.1, -0.05) is 37.1 Å². The molecule has 2 fully saturated rings. The smallest absolute Gasteiger partial charge is 0.195 e. The molecule has 3 rings (SSSR count). The van der Waals surface area contributed by atoms with Gasteiger partial charge in [0.15, 0.2) is 5.83 Å². The van der Waals surface area contributed by atoms with E-state index >= 15 is 0 Å². The van der Waals surface area contributed by atoms with Crippen molar-refractivity contribution in [3.8, 4) is 6.07 Å². The molecule has 0 N–H and O–H groups in total. The Morgan fingerprint density at radius 1 is 0.935 bits per heavy atom. The molecular weight excluding hydrogens is 402 g/mol. The van der Waals surface area contributed by atoms with Gasteiger partial charge in [0.25, 0.3) is 0 Å². The molecule has 168 valence electrons. The molecule has 0 unspecified atom stereocenters. The van der Waals surface area contributed by atoms with Crippen molar-refractivity contribution in [3.05, 3.63) is 59.4 Å². The van der Waals surface area contributed by atoms with Gasteiger partial charge in [0, 0.05) is 0 Å². The third-order valence-electron chi connectivity index (χ3n) is 7.27. The second-order valence-electron chi connectivity index (χ2n) is 9.14. The van der Waals surface area contributed by atoms with Crippen LogP contribution in [0.1, 0.15) is 81.3 Å². The van der Waals surface area contributed by atoms with Gasteiger partial charge in [-0.15, -0.1) is 0 Å². The van der Waals surface area contributed by atoms with Crippen molar-refractivity contribution in [2.75, 3.05) is 0 Å². The van der Waals surface area contributed by atoms with E-state index in [1.54, 1.807) is 18.2 Å². The Bertz CT molecular complexity index is 784. The van der Waals surface area contributed by atoms with E-state index in [2.05, 4.69) is 0 Å². The van der Waals surface area contributed by atoms with Crippen molar-refractivity contribution >= 4 is 0 Å². The van der Waals surface area contributed by atoms with Crippen molar-refractivity contribution in [2.24, 2.45) is 17.8 Å². The Morgan fingerprint density at radius 3 is 2.06 bits per heavy atom. The highest BCUT2D eigenvalue weighted by molar-refractivity contribution is 5.27. The highest BCUT2D eigenvalue weighted by Gasteiger charge is 2.32. The van der Waals surface area contributed by atoms with Crippen LogP contribution < -0.4 is 0 Å². The number of hydrogen-bond acceptors (Lipinski definition) is 1. The van der Waals surface area contributed by atoms with Crippen molar-refractivity contribution in [1.29, 1.82) is 5.26 Å². The molecule has 2 aliphatic rings. The van der Waals surface area contributed by atoms with Crippen LogP contribution in [-0.2, 0) is 6.18 Å². The minimum Gasteiger partial charge on any atom is -0.195 e. The van der Waals surface area contributed by atoms with Crippen LogP contribution in [0.15, 0.2) is 48.3 Å². The number of benzene rings is 1. The standard InChI is InChI=1S/C26H31F4N/c27-25(18-31)5-3-1-2-4-19-6-8-20(9-7-19)21-10-12-22(13-11-21)23-14-16-24(17-15-23)26(28,29)30/h1,3,5,14-17,19-22H,2,4,6-13H2/b3-1+,25-5-. The first-order valence-electron chi connectivity index (χ1n) is 11.5. The molecule has 31 heavy (non-hydrogen) atoms. The Balaban J connectivity index is 1.38. The Hall–Kier alpha value is -2.09. The van der Waals surface area contributed by atoms with Crippen molar-refractivity contribution < 1.29 is 17.6 Å². The molecular formula is C26H31F4N. The maximum absolute atomic E-state index is 12.8. The van der Waals surface area contributed by atoms with Crippen LogP contribution in [0.3, 0.4) is 0 Å². The van der Waals surface area contributed by atoms with E-state index < -0.39 is 17.6 Å². The number of rotatable bonds is 6. The highest BCUT2D eigenvalue weighted by Crippen LogP contribution is 2.44. The van der Waals surface area contributed by atoms with Gasteiger partial charge in [0.1, 0.15) is 6.07 Å². The van der Waals surface area contributed by atoms with Gasteiger partial charge in [0.2, 0.25) is 0 Å². The SMILES string of the molecule is N#C/C(F)=C/C=C/CCC1CCC(C2CCC(c3ccc(C(F)(F)F)cc3)CC2)CC1. The van der Waals surface area contributed by atoms with E-state index in [4.69, 9.17) is 5.26 Å². The van der Waals surface area contributed by atoms with E-state index in [-0.39, 0.29) is 0 Å². The fraction of sp³-hybridized carbons (Fsp3) is 0.577. The molecule has 1 aromatic carbocycles. The summed E-state index contributed by atoms with van der Waals surface area (Å²) in [5, 5.41) is 8.37. The van der Waals surface area contributed by atoms with Crippen LogP contribution in [0.5, 0.6) is 0 Å². The predicted octanol–water partition coefficient (Wildman–Crippen LogP) is 8.50. The summed E-state index contributed by atoms with van der Waals surface area (Å²) in [5.41, 5.74) is 0.482. The number of halogens is 4. The summed E-state index contributed by atoms with van der Waals surface area (Å²) in [4.78, 5) is 0. The van der Waals surface area contributed by atoms with Crippen LogP contribution in [0.2, 0.25) is 0 Å². The van der Waals surface area contributed by atoms with Crippen LogP contribution in [-0.4, -0.2) is 0 Å². The first-order chi connectivity index (χ1) is 14.9. The van der Waals surface area contributed by atoms with E-state index in [0.717, 1.165) is 49.0 Å². The molecule has 1 aromatic rings. The maximum Gasteiger partial charge on any atom is 0.416 e. The summed E-state index contributed by atoms with van der Waals surface area (Å²) in [5.74, 6) is 1.90. The summed E-state index contributed by atoms with van der Waals surface area (Å²) in [6, 6.07) is 7.23. The topological polar surface area (TPSA) is 23.8 Å². The van der Waals surface area contributed by atoms with E-state index in [1.807, 2.05) is 6.08 Å². The molecule has 1 nitrogen and oxygen atoms in total. The minimum atomic E-state index is -4.27. The zero-order chi connectivity index (χ0) is 22.3. The quantitative estimate of drug-likeness (QED) is 0.251. The van der Waals surface area contributed by atoms with Gasteiger partial charge >= 0.3 is 6.18 Å². The van der Waals surface area contributed by atoms with Gasteiger partial charge in [-0.3, -0.25) is 0 Å². The Kier molecular flexibility index (Phi) is 8.35. The fourth-order valence-electron chi connectivity index (χ4n) is 5.43. The normalized spacial score (nSPS) is 27.9. The number of hydrogen-bond donors (Lipinski definition) is 0. The maximum atomic E-state index is 12.8. The van der Waals surface area contributed by atoms with Crippen LogP contribution in [0.25, 0.3) is 0 Å². The fourth-order valence-corrected chi connectivity index (χ4v) is 5.43. The first kappa shape index (κ1) is 23.6. The summed E-state index contributed by atoms with van der Waals surface area (Å²) >= 11 is 0. The molecule has 0 atom stereocenters. The number of nitriles is 1. The molecule has 2 aliphatic carbocycles. The van der Waals surface area contributed by atoms with Gasteiger partial charge < -0.3 is 0 Å². The number of nitrogens with zero attached hydrogens (tertiary/aromatic N) is 1. The Morgan fingerprint density at radius 2 is 1.52 bits per heavy atom. The van der Waals surface area contributed by atoms with Crippen LogP contribution in [0.4, 0.5) is 17.6 Å². The summed E-state index contributed by atoms with van der Waals surface area (Å²) in [6.45, 7) is 0.